The van der Waals surface area contributed by atoms with E-state index in [1.807, 2.05) is 17.1 Å². The molecule has 1 aromatic carbocycles. The molecule has 0 unspecified atom stereocenters. The van der Waals surface area contributed by atoms with E-state index in [-0.39, 0.29) is 6.04 Å². The fourth-order valence-corrected chi connectivity index (χ4v) is 2.46. The van der Waals surface area contributed by atoms with Crippen LogP contribution in [0.2, 0.25) is 0 Å². The summed E-state index contributed by atoms with van der Waals surface area (Å²) in [6, 6.07) is 6.30. The van der Waals surface area contributed by atoms with Crippen LogP contribution in [0.15, 0.2) is 35.2 Å². The Hall–Kier alpha value is -1.13. The van der Waals surface area contributed by atoms with Crippen molar-refractivity contribution in [1.82, 2.24) is 9.55 Å². The minimum atomic E-state index is 0.0248. The van der Waals surface area contributed by atoms with Gasteiger partial charge in [-0.2, -0.15) is 0 Å². The monoisotopic (exact) mass is 293 g/mol. The Kier molecular flexibility index (Phi) is 3.64. The fourth-order valence-electron chi connectivity index (χ4n) is 1.86. The first-order chi connectivity index (χ1) is 8.11. The standard InChI is InChI=1S/C13H16BrN3/c1-3-12(15)13-7-16-8-17(13)11-5-9(2)4-10(14)6-11/h4-8,12H,3,15H2,1-2H3/t12-/m1/s1. The molecule has 90 valence electrons. The van der Waals surface area contributed by atoms with Crippen molar-refractivity contribution in [3.05, 3.63) is 46.5 Å². The second-order valence-corrected chi connectivity index (χ2v) is 5.11. The van der Waals surface area contributed by atoms with Gasteiger partial charge in [0, 0.05) is 16.2 Å². The maximum Gasteiger partial charge on any atom is 0.0994 e. The molecule has 4 heteroatoms. The molecule has 0 aliphatic carbocycles. The fraction of sp³-hybridized carbons (Fsp3) is 0.308. The lowest BCUT2D eigenvalue weighted by atomic mass is 10.1. The Labute approximate surface area is 110 Å². The van der Waals surface area contributed by atoms with Crippen molar-refractivity contribution >= 4 is 15.9 Å². The summed E-state index contributed by atoms with van der Waals surface area (Å²) < 4.78 is 3.11. The minimum Gasteiger partial charge on any atom is -0.323 e. The molecule has 0 bridgehead atoms. The number of nitrogens with zero attached hydrogens (tertiary/aromatic N) is 2. The Morgan fingerprint density at radius 1 is 1.41 bits per heavy atom. The van der Waals surface area contributed by atoms with Gasteiger partial charge in [0.1, 0.15) is 0 Å². The number of benzene rings is 1. The second kappa shape index (κ2) is 5.02. The molecule has 2 aromatic rings. The van der Waals surface area contributed by atoms with E-state index in [9.17, 15) is 0 Å². The molecule has 0 saturated heterocycles. The van der Waals surface area contributed by atoms with Crippen LogP contribution >= 0.6 is 15.9 Å². The van der Waals surface area contributed by atoms with Gasteiger partial charge in [-0.1, -0.05) is 22.9 Å². The van der Waals surface area contributed by atoms with E-state index in [1.165, 1.54) is 5.56 Å². The zero-order valence-corrected chi connectivity index (χ0v) is 11.6. The number of aryl methyl sites for hydroxylation is 1. The van der Waals surface area contributed by atoms with Crippen molar-refractivity contribution in [1.29, 1.82) is 0 Å². The maximum atomic E-state index is 6.08. The first-order valence-corrected chi connectivity index (χ1v) is 6.46. The summed E-state index contributed by atoms with van der Waals surface area (Å²) in [7, 11) is 0. The largest absolute Gasteiger partial charge is 0.323 e. The molecule has 0 radical (unpaired) electrons. The zero-order valence-electron chi connectivity index (χ0n) is 10.0. The molecule has 2 N–H and O–H groups in total. The molecule has 1 aromatic heterocycles. The summed E-state index contributed by atoms with van der Waals surface area (Å²) in [5.41, 5.74) is 9.43. The summed E-state index contributed by atoms with van der Waals surface area (Å²) >= 11 is 3.51. The van der Waals surface area contributed by atoms with Crippen molar-refractivity contribution in [2.75, 3.05) is 0 Å². The third-order valence-electron chi connectivity index (χ3n) is 2.79. The van der Waals surface area contributed by atoms with Gasteiger partial charge in [-0.15, -0.1) is 0 Å². The number of rotatable bonds is 3. The van der Waals surface area contributed by atoms with Gasteiger partial charge in [0.15, 0.2) is 0 Å². The van der Waals surface area contributed by atoms with Gasteiger partial charge < -0.3 is 10.3 Å². The van der Waals surface area contributed by atoms with Crippen LogP contribution in [0.1, 0.15) is 30.6 Å². The van der Waals surface area contributed by atoms with E-state index in [2.05, 4.69) is 53.0 Å². The number of nitrogens with two attached hydrogens (primary N) is 1. The molecule has 0 aliphatic rings. The summed E-state index contributed by atoms with van der Waals surface area (Å²) in [4.78, 5) is 4.19. The number of aromatic nitrogens is 2. The molecule has 0 amide bonds. The number of hydrogen-bond donors (Lipinski definition) is 1. The summed E-state index contributed by atoms with van der Waals surface area (Å²) in [5, 5.41) is 0. The Bertz CT molecular complexity index is 499. The van der Waals surface area contributed by atoms with E-state index in [0.717, 1.165) is 22.3 Å². The molecule has 0 fully saturated rings. The summed E-state index contributed by atoms with van der Waals surface area (Å²) in [5.74, 6) is 0. The molecule has 1 heterocycles. The highest BCUT2D eigenvalue weighted by Gasteiger charge is 2.11. The van der Waals surface area contributed by atoms with Gasteiger partial charge in [-0.25, -0.2) is 4.98 Å². The van der Waals surface area contributed by atoms with E-state index in [0.29, 0.717) is 0 Å². The van der Waals surface area contributed by atoms with Crippen molar-refractivity contribution in [2.24, 2.45) is 5.73 Å². The lowest BCUT2D eigenvalue weighted by molar-refractivity contribution is 0.659. The molecule has 1 atom stereocenters. The lowest BCUT2D eigenvalue weighted by Gasteiger charge is -2.13. The SMILES string of the molecule is CC[C@@H](N)c1cncn1-c1cc(C)cc(Br)c1. The number of halogens is 1. The van der Waals surface area contributed by atoms with Gasteiger partial charge in [-0.3, -0.25) is 0 Å². The highest BCUT2D eigenvalue weighted by Crippen LogP contribution is 2.22. The first-order valence-electron chi connectivity index (χ1n) is 5.67. The average Bonchev–Trinajstić information content (AvgIpc) is 2.75. The van der Waals surface area contributed by atoms with Crippen LogP contribution in [0.25, 0.3) is 5.69 Å². The summed E-state index contributed by atoms with van der Waals surface area (Å²) in [6.07, 6.45) is 4.55. The predicted molar refractivity (Wildman–Crippen MR) is 73.2 cm³/mol. The summed E-state index contributed by atoms with van der Waals surface area (Å²) in [6.45, 7) is 4.15. The van der Waals surface area contributed by atoms with Crippen LogP contribution in [0.5, 0.6) is 0 Å². The quantitative estimate of drug-likeness (QED) is 0.943. The second-order valence-electron chi connectivity index (χ2n) is 4.19. The number of hydrogen-bond acceptors (Lipinski definition) is 2. The third-order valence-corrected chi connectivity index (χ3v) is 3.25. The topological polar surface area (TPSA) is 43.8 Å². The van der Waals surface area contributed by atoms with E-state index in [1.54, 1.807) is 0 Å². The molecule has 0 saturated carbocycles. The number of imidazole rings is 1. The molecular weight excluding hydrogens is 278 g/mol. The van der Waals surface area contributed by atoms with Gasteiger partial charge in [-0.05, 0) is 37.1 Å². The minimum absolute atomic E-state index is 0.0248. The van der Waals surface area contributed by atoms with E-state index in [4.69, 9.17) is 5.73 Å². The van der Waals surface area contributed by atoms with Crippen LogP contribution in [0.4, 0.5) is 0 Å². The Morgan fingerprint density at radius 3 is 2.82 bits per heavy atom. The predicted octanol–water partition coefficient (Wildman–Crippen LogP) is 3.35. The van der Waals surface area contributed by atoms with E-state index < -0.39 is 0 Å². The van der Waals surface area contributed by atoms with Crippen LogP contribution in [0.3, 0.4) is 0 Å². The molecule has 17 heavy (non-hydrogen) atoms. The molecule has 3 nitrogen and oxygen atoms in total. The van der Waals surface area contributed by atoms with Crippen molar-refractivity contribution in [3.63, 3.8) is 0 Å². The molecule has 0 aliphatic heterocycles. The van der Waals surface area contributed by atoms with Crippen molar-refractivity contribution < 1.29 is 0 Å². The van der Waals surface area contributed by atoms with Gasteiger partial charge in [0.05, 0.1) is 18.2 Å². The van der Waals surface area contributed by atoms with Gasteiger partial charge >= 0.3 is 0 Å². The molecule has 2 rings (SSSR count). The van der Waals surface area contributed by atoms with Gasteiger partial charge in [0.25, 0.3) is 0 Å². The smallest absolute Gasteiger partial charge is 0.0994 e. The first kappa shape index (κ1) is 12.3. The van der Waals surface area contributed by atoms with Crippen LogP contribution < -0.4 is 5.73 Å². The molecular formula is C13H16BrN3. The zero-order chi connectivity index (χ0) is 12.4. The highest BCUT2D eigenvalue weighted by atomic mass is 79.9. The highest BCUT2D eigenvalue weighted by molar-refractivity contribution is 9.10. The van der Waals surface area contributed by atoms with Crippen molar-refractivity contribution in [3.8, 4) is 5.69 Å². The normalized spacial score (nSPS) is 12.7. The van der Waals surface area contributed by atoms with Crippen LogP contribution in [-0.4, -0.2) is 9.55 Å². The van der Waals surface area contributed by atoms with Crippen molar-refractivity contribution in [2.45, 2.75) is 26.3 Å². The maximum absolute atomic E-state index is 6.08. The van der Waals surface area contributed by atoms with Crippen LogP contribution in [-0.2, 0) is 0 Å². The Morgan fingerprint density at radius 2 is 2.18 bits per heavy atom. The Balaban J connectivity index is 2.49. The van der Waals surface area contributed by atoms with E-state index >= 15 is 0 Å². The lowest BCUT2D eigenvalue weighted by Crippen LogP contribution is -2.13. The molecule has 0 spiro atoms. The third kappa shape index (κ3) is 2.58. The van der Waals surface area contributed by atoms with Crippen LogP contribution in [0, 0.1) is 6.92 Å². The van der Waals surface area contributed by atoms with Gasteiger partial charge in [0.2, 0.25) is 0 Å². The average molecular weight is 294 g/mol.